The van der Waals surface area contributed by atoms with Crippen LogP contribution in [0.25, 0.3) is 0 Å². The minimum absolute atomic E-state index is 0.148. The Labute approximate surface area is 174 Å². The van der Waals surface area contributed by atoms with Crippen molar-refractivity contribution < 1.29 is 18.0 Å². The fourth-order valence-electron chi connectivity index (χ4n) is 2.90. The number of halogens is 3. The van der Waals surface area contributed by atoms with Crippen molar-refractivity contribution in [1.82, 2.24) is 16.0 Å². The van der Waals surface area contributed by atoms with E-state index in [2.05, 4.69) is 20.9 Å². The summed E-state index contributed by atoms with van der Waals surface area (Å²) in [4.78, 5) is 16.3. The molecule has 2 aromatic carbocycles. The first-order valence-corrected chi connectivity index (χ1v) is 9.77. The van der Waals surface area contributed by atoms with Gasteiger partial charge in [-0.15, -0.1) is 0 Å². The van der Waals surface area contributed by atoms with Crippen LogP contribution in [0.3, 0.4) is 0 Å². The first-order chi connectivity index (χ1) is 14.2. The fourth-order valence-corrected chi connectivity index (χ4v) is 2.90. The number of nitrogens with zero attached hydrogens (tertiary/aromatic N) is 1. The van der Waals surface area contributed by atoms with Crippen LogP contribution in [-0.4, -0.2) is 32.0 Å². The average molecular weight is 420 g/mol. The molecule has 8 heteroatoms. The van der Waals surface area contributed by atoms with Crippen molar-refractivity contribution in [3.05, 3.63) is 70.8 Å². The zero-order valence-corrected chi connectivity index (χ0v) is 17.3. The molecule has 2 aromatic rings. The van der Waals surface area contributed by atoms with E-state index in [-0.39, 0.29) is 11.9 Å². The first-order valence-electron chi connectivity index (χ1n) is 9.77. The molecule has 0 aromatic heterocycles. The van der Waals surface area contributed by atoms with Gasteiger partial charge in [-0.3, -0.25) is 9.79 Å². The minimum Gasteiger partial charge on any atom is -0.357 e. The molecular weight excluding hydrogens is 393 g/mol. The third-order valence-electron chi connectivity index (χ3n) is 4.50. The molecule has 0 aliphatic carbocycles. The Kier molecular flexibility index (Phi) is 8.26. The van der Waals surface area contributed by atoms with Gasteiger partial charge in [0.05, 0.1) is 11.6 Å². The van der Waals surface area contributed by atoms with Gasteiger partial charge in [0.2, 0.25) is 0 Å². The number of hydrogen-bond acceptors (Lipinski definition) is 2. The molecule has 0 heterocycles. The molecule has 2 rings (SSSR count). The van der Waals surface area contributed by atoms with Crippen molar-refractivity contribution in [3.63, 3.8) is 0 Å². The zero-order valence-electron chi connectivity index (χ0n) is 17.3. The lowest BCUT2D eigenvalue weighted by Gasteiger charge is -2.19. The number of hydrogen-bond donors (Lipinski definition) is 3. The van der Waals surface area contributed by atoms with Crippen LogP contribution >= 0.6 is 0 Å². The highest BCUT2D eigenvalue weighted by molar-refractivity contribution is 5.94. The number of rotatable bonds is 7. The summed E-state index contributed by atoms with van der Waals surface area (Å²) in [5, 5.41) is 8.84. The van der Waals surface area contributed by atoms with Crippen molar-refractivity contribution in [2.75, 3.05) is 20.1 Å². The Morgan fingerprint density at radius 2 is 1.87 bits per heavy atom. The van der Waals surface area contributed by atoms with Gasteiger partial charge in [-0.2, -0.15) is 13.2 Å². The van der Waals surface area contributed by atoms with Gasteiger partial charge in [0, 0.05) is 25.7 Å². The van der Waals surface area contributed by atoms with Gasteiger partial charge in [0.15, 0.2) is 5.96 Å². The highest BCUT2D eigenvalue weighted by Gasteiger charge is 2.30. The minimum atomic E-state index is -4.38. The van der Waals surface area contributed by atoms with Crippen molar-refractivity contribution in [1.29, 1.82) is 0 Å². The molecule has 1 amide bonds. The number of aliphatic imine (C=N–C) groups is 1. The second-order valence-corrected chi connectivity index (χ2v) is 6.78. The Bertz CT molecular complexity index is 881. The Hall–Kier alpha value is -3.03. The fraction of sp³-hybridized carbons (Fsp3) is 0.364. The van der Waals surface area contributed by atoms with Crippen LogP contribution in [0.15, 0.2) is 53.5 Å². The van der Waals surface area contributed by atoms with E-state index in [0.29, 0.717) is 36.6 Å². The molecule has 3 N–H and O–H groups in total. The third kappa shape index (κ3) is 6.79. The van der Waals surface area contributed by atoms with Gasteiger partial charge in [0.1, 0.15) is 0 Å². The molecule has 1 atom stereocenters. The lowest BCUT2D eigenvalue weighted by atomic mass is 10.1. The molecule has 162 valence electrons. The van der Waals surface area contributed by atoms with E-state index in [9.17, 15) is 18.0 Å². The number of carbonyl (C=O) groups excluding carboxylic acids is 1. The molecule has 30 heavy (non-hydrogen) atoms. The van der Waals surface area contributed by atoms with Crippen molar-refractivity contribution >= 4 is 11.9 Å². The summed E-state index contributed by atoms with van der Waals surface area (Å²) in [7, 11) is 1.58. The topological polar surface area (TPSA) is 65.5 Å². The molecule has 0 spiro atoms. The number of carbonyl (C=O) groups is 1. The Morgan fingerprint density at radius 3 is 2.53 bits per heavy atom. The summed E-state index contributed by atoms with van der Waals surface area (Å²) in [6.07, 6.45) is -3.75. The standard InChI is InChI=1S/C22H27F3N4O/c1-4-27-21(28-12-11-16-7-5-9-18(13-16)20(30)26-3)29-15(2)17-8-6-10-19(14-17)22(23,24)25/h5-10,13-15H,4,11-12H2,1-3H3,(H,26,30)(H2,27,28,29). The second-order valence-electron chi connectivity index (χ2n) is 6.78. The van der Waals surface area contributed by atoms with Crippen LogP contribution in [0.4, 0.5) is 13.2 Å². The van der Waals surface area contributed by atoms with E-state index in [1.54, 1.807) is 26.1 Å². The summed E-state index contributed by atoms with van der Waals surface area (Å²) in [5.74, 6) is 0.370. The summed E-state index contributed by atoms with van der Waals surface area (Å²) < 4.78 is 38.9. The number of alkyl halides is 3. The summed E-state index contributed by atoms with van der Waals surface area (Å²) in [6.45, 7) is 4.78. The SMILES string of the molecule is CCNC(=NCCc1cccc(C(=O)NC)c1)NC(C)c1cccc(C(F)(F)F)c1. The number of benzene rings is 2. The number of nitrogens with one attached hydrogen (secondary N) is 3. The summed E-state index contributed by atoms with van der Waals surface area (Å²) >= 11 is 0. The molecule has 0 aliphatic heterocycles. The summed E-state index contributed by atoms with van der Waals surface area (Å²) in [5.41, 5.74) is 1.41. The molecule has 5 nitrogen and oxygen atoms in total. The van der Waals surface area contributed by atoms with Crippen LogP contribution in [0.2, 0.25) is 0 Å². The van der Waals surface area contributed by atoms with E-state index in [1.807, 2.05) is 25.1 Å². The second kappa shape index (κ2) is 10.7. The van der Waals surface area contributed by atoms with E-state index < -0.39 is 11.7 Å². The lowest BCUT2D eigenvalue weighted by Crippen LogP contribution is -2.39. The zero-order chi connectivity index (χ0) is 22.1. The highest BCUT2D eigenvalue weighted by atomic mass is 19.4. The van der Waals surface area contributed by atoms with E-state index in [4.69, 9.17) is 0 Å². The molecule has 0 bridgehead atoms. The molecule has 0 fully saturated rings. The summed E-state index contributed by atoms with van der Waals surface area (Å²) in [6, 6.07) is 12.2. The Balaban J connectivity index is 2.05. The molecule has 0 radical (unpaired) electrons. The van der Waals surface area contributed by atoms with Crippen LogP contribution in [0.1, 0.15) is 46.9 Å². The van der Waals surface area contributed by atoms with Crippen LogP contribution < -0.4 is 16.0 Å². The maximum Gasteiger partial charge on any atom is 0.416 e. The van der Waals surface area contributed by atoms with Gasteiger partial charge < -0.3 is 16.0 Å². The predicted molar refractivity (Wildman–Crippen MR) is 113 cm³/mol. The molecule has 1 unspecified atom stereocenters. The quantitative estimate of drug-likeness (QED) is 0.470. The number of guanidine groups is 1. The molecule has 0 saturated heterocycles. The van der Waals surface area contributed by atoms with E-state index >= 15 is 0 Å². The van der Waals surface area contributed by atoms with Crippen LogP contribution in [0, 0.1) is 0 Å². The molecule has 0 aliphatic rings. The normalized spacial score (nSPS) is 12.9. The lowest BCUT2D eigenvalue weighted by molar-refractivity contribution is -0.137. The highest BCUT2D eigenvalue weighted by Crippen LogP contribution is 2.30. The maximum absolute atomic E-state index is 13.0. The van der Waals surface area contributed by atoms with Gasteiger partial charge in [-0.1, -0.05) is 24.3 Å². The predicted octanol–water partition coefficient (Wildman–Crippen LogP) is 3.92. The van der Waals surface area contributed by atoms with Gasteiger partial charge >= 0.3 is 6.18 Å². The van der Waals surface area contributed by atoms with Gasteiger partial charge in [0.25, 0.3) is 5.91 Å². The average Bonchev–Trinajstić information content (AvgIpc) is 2.73. The maximum atomic E-state index is 13.0. The van der Waals surface area contributed by atoms with E-state index in [0.717, 1.165) is 17.7 Å². The largest absolute Gasteiger partial charge is 0.416 e. The smallest absolute Gasteiger partial charge is 0.357 e. The van der Waals surface area contributed by atoms with Gasteiger partial charge in [-0.25, -0.2) is 0 Å². The Morgan fingerprint density at radius 1 is 1.13 bits per heavy atom. The monoisotopic (exact) mass is 420 g/mol. The molecule has 0 saturated carbocycles. The van der Waals surface area contributed by atoms with Crippen LogP contribution in [0.5, 0.6) is 0 Å². The van der Waals surface area contributed by atoms with Crippen LogP contribution in [-0.2, 0) is 12.6 Å². The van der Waals surface area contributed by atoms with Gasteiger partial charge in [-0.05, 0) is 55.7 Å². The number of amides is 1. The third-order valence-corrected chi connectivity index (χ3v) is 4.50. The first kappa shape index (κ1) is 23.3. The van der Waals surface area contributed by atoms with Crippen molar-refractivity contribution in [2.24, 2.45) is 4.99 Å². The van der Waals surface area contributed by atoms with Crippen molar-refractivity contribution in [3.8, 4) is 0 Å². The van der Waals surface area contributed by atoms with Crippen molar-refractivity contribution in [2.45, 2.75) is 32.5 Å². The van der Waals surface area contributed by atoms with E-state index in [1.165, 1.54) is 6.07 Å². The molecular formula is C22H27F3N4O.